The van der Waals surface area contributed by atoms with Crippen LogP contribution in [0.25, 0.3) is 0 Å². The molecule has 0 spiro atoms. The zero-order chi connectivity index (χ0) is 12.4. The van der Waals surface area contributed by atoms with Gasteiger partial charge in [-0.2, -0.15) is 0 Å². The molecule has 0 saturated carbocycles. The Bertz CT molecular complexity index is 612. The van der Waals surface area contributed by atoms with Crippen LogP contribution >= 0.6 is 27.5 Å². The molecule has 2 aromatic rings. The molecule has 0 bridgehead atoms. The van der Waals surface area contributed by atoms with E-state index in [1.165, 1.54) is 6.07 Å². The van der Waals surface area contributed by atoms with Crippen molar-refractivity contribution < 1.29 is 0 Å². The highest BCUT2D eigenvalue weighted by Crippen LogP contribution is 2.11. The van der Waals surface area contributed by atoms with E-state index in [2.05, 4.69) is 25.9 Å². The van der Waals surface area contributed by atoms with Gasteiger partial charge in [0, 0.05) is 22.9 Å². The Labute approximate surface area is 111 Å². The lowest BCUT2D eigenvalue weighted by molar-refractivity contribution is 0.698. The second-order valence-electron chi connectivity index (χ2n) is 3.56. The third-order valence-corrected chi connectivity index (χ3v) is 2.90. The third kappa shape index (κ3) is 2.92. The van der Waals surface area contributed by atoms with Gasteiger partial charge in [-0.25, -0.2) is 4.98 Å². The average molecular weight is 315 g/mol. The first-order chi connectivity index (χ1) is 8.06. The van der Waals surface area contributed by atoms with Crippen LogP contribution in [0, 0.1) is 6.92 Å². The molecular weight excluding hydrogens is 305 g/mol. The summed E-state index contributed by atoms with van der Waals surface area (Å²) in [6, 6.07) is 3.22. The second kappa shape index (κ2) is 4.98. The Balaban J connectivity index is 2.40. The lowest BCUT2D eigenvalue weighted by Gasteiger charge is -2.08. The van der Waals surface area contributed by atoms with Crippen molar-refractivity contribution in [3.63, 3.8) is 0 Å². The Kier molecular flexibility index (Phi) is 3.59. The molecule has 0 radical (unpaired) electrons. The Hall–Kier alpha value is -1.20. The summed E-state index contributed by atoms with van der Waals surface area (Å²) in [5, 5.41) is 0.219. The van der Waals surface area contributed by atoms with Crippen molar-refractivity contribution in [1.82, 2.24) is 14.5 Å². The van der Waals surface area contributed by atoms with Crippen molar-refractivity contribution in [2.45, 2.75) is 13.5 Å². The summed E-state index contributed by atoms with van der Waals surface area (Å²) in [5.74, 6) is 0.586. The van der Waals surface area contributed by atoms with Crippen molar-refractivity contribution in [2.24, 2.45) is 0 Å². The molecule has 0 N–H and O–H groups in total. The molecule has 0 saturated heterocycles. The van der Waals surface area contributed by atoms with Crippen LogP contribution in [0.2, 0.25) is 5.15 Å². The van der Waals surface area contributed by atoms with Gasteiger partial charge in [0.2, 0.25) is 0 Å². The largest absolute Gasteiger partial charge is 0.292 e. The molecule has 0 aromatic carbocycles. The van der Waals surface area contributed by atoms with Gasteiger partial charge in [-0.05, 0) is 34.5 Å². The minimum atomic E-state index is -0.164. The van der Waals surface area contributed by atoms with Gasteiger partial charge in [0.25, 0.3) is 5.56 Å². The van der Waals surface area contributed by atoms with Gasteiger partial charge in [0.05, 0.1) is 6.54 Å². The predicted octanol–water partition coefficient (Wildman–Crippen LogP) is 2.41. The Morgan fingerprint density at radius 1 is 1.41 bits per heavy atom. The number of halogens is 2. The SMILES string of the molecule is Cc1nc(Cl)cc(=O)n1Cc1cncc(Br)c1. The van der Waals surface area contributed by atoms with Crippen LogP contribution in [-0.4, -0.2) is 14.5 Å². The molecule has 0 aliphatic rings. The number of pyridine rings is 1. The summed E-state index contributed by atoms with van der Waals surface area (Å²) >= 11 is 9.04. The fourth-order valence-corrected chi connectivity index (χ4v) is 2.13. The summed E-state index contributed by atoms with van der Waals surface area (Å²) in [6.07, 6.45) is 3.41. The highest BCUT2D eigenvalue weighted by molar-refractivity contribution is 9.10. The number of nitrogens with zero attached hydrogens (tertiary/aromatic N) is 3. The first kappa shape index (κ1) is 12.3. The molecule has 0 atom stereocenters. The minimum absolute atomic E-state index is 0.164. The van der Waals surface area contributed by atoms with Crippen molar-refractivity contribution in [2.75, 3.05) is 0 Å². The lowest BCUT2D eigenvalue weighted by Crippen LogP contribution is -2.23. The fraction of sp³-hybridized carbons (Fsp3) is 0.182. The van der Waals surface area contributed by atoms with Gasteiger partial charge in [-0.15, -0.1) is 0 Å². The highest BCUT2D eigenvalue weighted by Gasteiger charge is 2.05. The maximum Gasteiger partial charge on any atom is 0.255 e. The highest BCUT2D eigenvalue weighted by atomic mass is 79.9. The van der Waals surface area contributed by atoms with Crippen LogP contribution in [-0.2, 0) is 6.54 Å². The van der Waals surface area contributed by atoms with Crippen molar-refractivity contribution in [3.05, 3.63) is 55.9 Å². The molecule has 0 amide bonds. The van der Waals surface area contributed by atoms with Gasteiger partial charge in [-0.1, -0.05) is 11.6 Å². The minimum Gasteiger partial charge on any atom is -0.292 e. The third-order valence-electron chi connectivity index (χ3n) is 2.27. The normalized spacial score (nSPS) is 10.5. The summed E-state index contributed by atoms with van der Waals surface area (Å²) in [7, 11) is 0. The van der Waals surface area contributed by atoms with E-state index in [-0.39, 0.29) is 10.7 Å². The van der Waals surface area contributed by atoms with E-state index in [0.29, 0.717) is 12.4 Å². The van der Waals surface area contributed by atoms with Crippen LogP contribution in [0.3, 0.4) is 0 Å². The molecule has 88 valence electrons. The molecule has 6 heteroatoms. The summed E-state index contributed by atoms with van der Waals surface area (Å²) in [5.41, 5.74) is 0.760. The van der Waals surface area contributed by atoms with Gasteiger partial charge in [0.15, 0.2) is 0 Å². The van der Waals surface area contributed by atoms with Crippen LogP contribution in [0.5, 0.6) is 0 Å². The molecule has 0 unspecified atom stereocenters. The first-order valence-corrected chi connectivity index (χ1v) is 6.07. The van der Waals surface area contributed by atoms with E-state index in [0.717, 1.165) is 10.0 Å². The van der Waals surface area contributed by atoms with Crippen LogP contribution in [0.4, 0.5) is 0 Å². The average Bonchev–Trinajstić information content (AvgIpc) is 2.23. The number of hydrogen-bond acceptors (Lipinski definition) is 3. The van der Waals surface area contributed by atoms with E-state index in [1.807, 2.05) is 6.07 Å². The van der Waals surface area contributed by atoms with E-state index in [4.69, 9.17) is 11.6 Å². The molecule has 0 aliphatic heterocycles. The number of hydrogen-bond donors (Lipinski definition) is 0. The van der Waals surface area contributed by atoms with E-state index in [1.54, 1.807) is 23.9 Å². The van der Waals surface area contributed by atoms with Crippen LogP contribution in [0.15, 0.2) is 33.8 Å². The standard InChI is InChI=1S/C11H9BrClN3O/c1-7-15-10(13)3-11(17)16(7)6-8-2-9(12)5-14-4-8/h2-5H,6H2,1H3. The smallest absolute Gasteiger partial charge is 0.255 e. The number of rotatable bonds is 2. The quantitative estimate of drug-likeness (QED) is 0.800. The summed E-state index contributed by atoms with van der Waals surface area (Å²) in [6.45, 7) is 2.18. The predicted molar refractivity (Wildman–Crippen MR) is 69.3 cm³/mol. The zero-order valence-corrected chi connectivity index (χ0v) is 11.4. The van der Waals surface area contributed by atoms with Crippen molar-refractivity contribution >= 4 is 27.5 Å². The van der Waals surface area contributed by atoms with Gasteiger partial charge in [0.1, 0.15) is 11.0 Å². The number of aryl methyl sites for hydroxylation is 1. The molecule has 2 heterocycles. The van der Waals surface area contributed by atoms with Crippen molar-refractivity contribution in [3.8, 4) is 0 Å². The lowest BCUT2D eigenvalue weighted by atomic mass is 10.3. The van der Waals surface area contributed by atoms with Crippen molar-refractivity contribution in [1.29, 1.82) is 0 Å². The van der Waals surface area contributed by atoms with E-state index < -0.39 is 0 Å². The van der Waals surface area contributed by atoms with E-state index >= 15 is 0 Å². The Morgan fingerprint density at radius 3 is 2.82 bits per heavy atom. The van der Waals surface area contributed by atoms with Crippen LogP contribution in [0.1, 0.15) is 11.4 Å². The topological polar surface area (TPSA) is 47.8 Å². The molecular formula is C11H9BrClN3O. The first-order valence-electron chi connectivity index (χ1n) is 4.89. The fourth-order valence-electron chi connectivity index (χ4n) is 1.50. The van der Waals surface area contributed by atoms with Gasteiger partial charge < -0.3 is 0 Å². The summed E-state index contributed by atoms with van der Waals surface area (Å²) < 4.78 is 2.43. The monoisotopic (exact) mass is 313 g/mol. The number of aromatic nitrogens is 3. The molecule has 0 fully saturated rings. The summed E-state index contributed by atoms with van der Waals surface area (Å²) in [4.78, 5) is 19.9. The van der Waals surface area contributed by atoms with Gasteiger partial charge >= 0.3 is 0 Å². The molecule has 0 aliphatic carbocycles. The van der Waals surface area contributed by atoms with Crippen LogP contribution < -0.4 is 5.56 Å². The Morgan fingerprint density at radius 2 is 2.18 bits per heavy atom. The van der Waals surface area contributed by atoms with Gasteiger partial charge in [-0.3, -0.25) is 14.3 Å². The molecule has 17 heavy (non-hydrogen) atoms. The zero-order valence-electron chi connectivity index (χ0n) is 9.02. The second-order valence-corrected chi connectivity index (χ2v) is 4.86. The van der Waals surface area contributed by atoms with E-state index in [9.17, 15) is 4.79 Å². The maximum atomic E-state index is 11.8. The molecule has 4 nitrogen and oxygen atoms in total. The maximum absolute atomic E-state index is 11.8. The molecule has 2 aromatic heterocycles. The molecule has 2 rings (SSSR count).